The van der Waals surface area contributed by atoms with Crippen LogP contribution in [0.2, 0.25) is 0 Å². The molecule has 0 saturated heterocycles. The highest BCUT2D eigenvalue weighted by Crippen LogP contribution is 2.25. The first-order valence-electron chi connectivity index (χ1n) is 9.98. The fraction of sp³-hybridized carbons (Fsp3) is 0.217. The number of aromatic nitrogens is 4. The van der Waals surface area contributed by atoms with E-state index in [2.05, 4.69) is 22.4 Å². The lowest BCUT2D eigenvalue weighted by atomic mass is 10.1. The molecule has 2 aromatic heterocycles. The highest BCUT2D eigenvalue weighted by molar-refractivity contribution is 5.92. The third-order valence-electron chi connectivity index (χ3n) is 5.07. The molecule has 0 radical (unpaired) electrons. The maximum absolute atomic E-state index is 12.9. The Labute approximate surface area is 179 Å². The van der Waals surface area contributed by atoms with Crippen LogP contribution in [0, 0.1) is 6.92 Å². The molecule has 0 bridgehead atoms. The van der Waals surface area contributed by atoms with Crippen molar-refractivity contribution >= 4 is 17.1 Å². The highest BCUT2D eigenvalue weighted by Gasteiger charge is 2.14. The minimum atomic E-state index is -0.391. The lowest BCUT2D eigenvalue weighted by Crippen LogP contribution is -2.30. The van der Waals surface area contributed by atoms with E-state index in [0.717, 1.165) is 22.2 Å². The van der Waals surface area contributed by atoms with Crippen LogP contribution in [0.5, 0.6) is 5.75 Å². The summed E-state index contributed by atoms with van der Waals surface area (Å²) in [6.45, 7) is 3.79. The number of benzene rings is 2. The first-order chi connectivity index (χ1) is 15.0. The molecule has 0 saturated carbocycles. The Balaban J connectivity index is 1.58. The summed E-state index contributed by atoms with van der Waals surface area (Å²) in [5.74, 6) is 0.168. The third kappa shape index (κ3) is 4.18. The van der Waals surface area contributed by atoms with Crippen molar-refractivity contribution in [2.75, 3.05) is 12.4 Å². The number of aryl methyl sites for hydroxylation is 2. The van der Waals surface area contributed by atoms with Crippen LogP contribution in [-0.2, 0) is 17.8 Å². The highest BCUT2D eigenvalue weighted by atomic mass is 16.5. The second-order valence-electron chi connectivity index (χ2n) is 7.26. The molecule has 0 aliphatic rings. The van der Waals surface area contributed by atoms with Crippen molar-refractivity contribution in [1.82, 2.24) is 19.4 Å². The summed E-state index contributed by atoms with van der Waals surface area (Å²) >= 11 is 0. The summed E-state index contributed by atoms with van der Waals surface area (Å²) < 4.78 is 7.84. The molecule has 2 heterocycles. The van der Waals surface area contributed by atoms with Gasteiger partial charge in [-0.2, -0.15) is 10.2 Å². The van der Waals surface area contributed by atoms with Gasteiger partial charge in [0.1, 0.15) is 24.1 Å². The van der Waals surface area contributed by atoms with E-state index < -0.39 is 5.56 Å². The van der Waals surface area contributed by atoms with Crippen molar-refractivity contribution in [3.63, 3.8) is 0 Å². The Hall–Kier alpha value is -3.94. The van der Waals surface area contributed by atoms with Crippen LogP contribution >= 0.6 is 0 Å². The molecule has 0 atom stereocenters. The van der Waals surface area contributed by atoms with Crippen LogP contribution in [0.15, 0.2) is 59.7 Å². The van der Waals surface area contributed by atoms with Gasteiger partial charge in [0, 0.05) is 5.56 Å². The van der Waals surface area contributed by atoms with E-state index in [4.69, 9.17) is 4.74 Å². The van der Waals surface area contributed by atoms with E-state index in [9.17, 15) is 9.59 Å². The van der Waals surface area contributed by atoms with Gasteiger partial charge in [0.15, 0.2) is 0 Å². The average Bonchev–Trinajstić information content (AvgIpc) is 3.21. The Bertz CT molecular complexity index is 1310. The van der Waals surface area contributed by atoms with Gasteiger partial charge >= 0.3 is 0 Å². The molecule has 31 heavy (non-hydrogen) atoms. The summed E-state index contributed by atoms with van der Waals surface area (Å²) in [6, 6.07) is 15.2. The normalized spacial score (nSPS) is 10.9. The van der Waals surface area contributed by atoms with Crippen molar-refractivity contribution in [3.8, 4) is 17.0 Å². The molecule has 4 aromatic rings. The zero-order valence-corrected chi connectivity index (χ0v) is 17.6. The van der Waals surface area contributed by atoms with Crippen LogP contribution in [0.1, 0.15) is 18.1 Å². The quantitative estimate of drug-likeness (QED) is 0.521. The van der Waals surface area contributed by atoms with Gasteiger partial charge in [0.2, 0.25) is 5.91 Å². The number of nitrogens with one attached hydrogen (secondary N) is 1. The maximum atomic E-state index is 12.9. The molecule has 8 heteroatoms. The van der Waals surface area contributed by atoms with Crippen LogP contribution < -0.4 is 15.6 Å². The SMILES string of the molecule is CCc1ccc(-c2cc3c(=O)n(CC(=O)Nc4cc(C)ccc4OC)ncn3n2)cc1. The van der Waals surface area contributed by atoms with Gasteiger partial charge in [-0.05, 0) is 42.7 Å². The van der Waals surface area contributed by atoms with E-state index in [1.807, 2.05) is 43.3 Å². The monoisotopic (exact) mass is 417 g/mol. The van der Waals surface area contributed by atoms with Gasteiger partial charge in [-0.15, -0.1) is 0 Å². The number of hydrogen-bond acceptors (Lipinski definition) is 5. The summed E-state index contributed by atoms with van der Waals surface area (Å²) in [7, 11) is 1.54. The van der Waals surface area contributed by atoms with E-state index in [1.54, 1.807) is 12.1 Å². The van der Waals surface area contributed by atoms with E-state index in [1.165, 1.54) is 23.5 Å². The second-order valence-corrected chi connectivity index (χ2v) is 7.26. The van der Waals surface area contributed by atoms with E-state index in [-0.39, 0.29) is 12.5 Å². The van der Waals surface area contributed by atoms with Gasteiger partial charge < -0.3 is 10.1 Å². The van der Waals surface area contributed by atoms with Crippen molar-refractivity contribution in [2.45, 2.75) is 26.8 Å². The molecule has 1 N–H and O–H groups in total. The smallest absolute Gasteiger partial charge is 0.293 e. The molecule has 4 rings (SSSR count). The molecule has 0 aliphatic heterocycles. The maximum Gasteiger partial charge on any atom is 0.293 e. The van der Waals surface area contributed by atoms with Crippen molar-refractivity contribution in [1.29, 1.82) is 0 Å². The zero-order valence-electron chi connectivity index (χ0n) is 17.6. The molecular formula is C23H23N5O3. The first-order valence-corrected chi connectivity index (χ1v) is 9.98. The van der Waals surface area contributed by atoms with Crippen LogP contribution in [-0.4, -0.2) is 32.4 Å². The standard InChI is InChI=1S/C23H23N5O3/c1-4-16-6-8-17(9-7-16)18-12-20-23(30)27(24-14-28(20)26-18)13-22(29)25-19-11-15(2)5-10-21(19)31-3/h5-12,14H,4,13H2,1-3H3,(H,25,29). The topological polar surface area (TPSA) is 90.5 Å². The number of nitrogens with zero attached hydrogens (tertiary/aromatic N) is 4. The lowest BCUT2D eigenvalue weighted by Gasteiger charge is -2.11. The number of rotatable bonds is 6. The molecule has 0 unspecified atom stereocenters. The predicted octanol–water partition coefficient (Wildman–Crippen LogP) is 3.08. The first kappa shape index (κ1) is 20.3. The van der Waals surface area contributed by atoms with Crippen LogP contribution in [0.25, 0.3) is 16.8 Å². The fourth-order valence-corrected chi connectivity index (χ4v) is 3.35. The Morgan fingerprint density at radius 2 is 1.90 bits per heavy atom. The summed E-state index contributed by atoms with van der Waals surface area (Å²) in [4.78, 5) is 25.4. The van der Waals surface area contributed by atoms with Gasteiger partial charge in [-0.3, -0.25) is 9.59 Å². The largest absolute Gasteiger partial charge is 0.495 e. The van der Waals surface area contributed by atoms with Crippen molar-refractivity contribution < 1.29 is 9.53 Å². The minimum absolute atomic E-state index is 0.224. The minimum Gasteiger partial charge on any atom is -0.495 e. The number of carbonyl (C=O) groups excluding carboxylic acids is 1. The molecule has 2 aromatic carbocycles. The Morgan fingerprint density at radius 1 is 1.13 bits per heavy atom. The average molecular weight is 417 g/mol. The molecule has 1 amide bonds. The van der Waals surface area contributed by atoms with Crippen LogP contribution in [0.3, 0.4) is 0 Å². The number of methoxy groups -OCH3 is 1. The van der Waals surface area contributed by atoms with Gasteiger partial charge in [-0.25, -0.2) is 9.20 Å². The second kappa shape index (κ2) is 8.43. The number of carbonyl (C=O) groups is 1. The summed E-state index contributed by atoms with van der Waals surface area (Å²) in [6.07, 6.45) is 2.39. The van der Waals surface area contributed by atoms with Crippen molar-refractivity contribution in [2.24, 2.45) is 0 Å². The van der Waals surface area contributed by atoms with Gasteiger partial charge in [0.25, 0.3) is 5.56 Å². The summed E-state index contributed by atoms with van der Waals surface area (Å²) in [5.41, 5.74) is 4.30. The number of amides is 1. The molecule has 8 nitrogen and oxygen atoms in total. The van der Waals surface area contributed by atoms with E-state index >= 15 is 0 Å². The number of anilines is 1. The Kier molecular flexibility index (Phi) is 5.53. The summed E-state index contributed by atoms with van der Waals surface area (Å²) in [5, 5.41) is 11.3. The molecule has 0 fully saturated rings. The van der Waals surface area contributed by atoms with E-state index in [0.29, 0.717) is 22.6 Å². The number of fused-ring (bicyclic) bond motifs is 1. The van der Waals surface area contributed by atoms with Gasteiger partial charge in [0.05, 0.1) is 18.5 Å². The molecule has 0 aliphatic carbocycles. The number of ether oxygens (including phenoxy) is 1. The lowest BCUT2D eigenvalue weighted by molar-refractivity contribution is -0.117. The molecule has 0 spiro atoms. The number of hydrogen-bond donors (Lipinski definition) is 1. The van der Waals surface area contributed by atoms with Crippen molar-refractivity contribution in [3.05, 3.63) is 76.3 Å². The molecular weight excluding hydrogens is 394 g/mol. The van der Waals surface area contributed by atoms with Crippen LogP contribution in [0.4, 0.5) is 5.69 Å². The molecule has 158 valence electrons. The van der Waals surface area contributed by atoms with Gasteiger partial charge in [-0.1, -0.05) is 37.3 Å². The Morgan fingerprint density at radius 3 is 2.61 bits per heavy atom. The fourth-order valence-electron chi connectivity index (χ4n) is 3.35. The predicted molar refractivity (Wildman–Crippen MR) is 118 cm³/mol. The zero-order chi connectivity index (χ0) is 22.0. The third-order valence-corrected chi connectivity index (χ3v) is 5.07.